The van der Waals surface area contributed by atoms with Crippen molar-refractivity contribution in [2.45, 2.75) is 44.6 Å². The predicted octanol–water partition coefficient (Wildman–Crippen LogP) is 2.06. The molecule has 2 aromatic heterocycles. The van der Waals surface area contributed by atoms with E-state index in [2.05, 4.69) is 14.9 Å². The van der Waals surface area contributed by atoms with Crippen molar-refractivity contribution in [2.75, 3.05) is 24.5 Å². The molecule has 27 heavy (non-hydrogen) atoms. The highest BCUT2D eigenvalue weighted by Gasteiger charge is 2.32. The molecular weight excluding hydrogens is 342 g/mol. The van der Waals surface area contributed by atoms with Crippen molar-refractivity contribution in [1.82, 2.24) is 19.9 Å². The number of H-pyrrole nitrogens is 1. The predicted molar refractivity (Wildman–Crippen MR) is 103 cm³/mol. The lowest BCUT2D eigenvalue weighted by Gasteiger charge is -2.22. The third kappa shape index (κ3) is 4.18. The second kappa shape index (κ2) is 7.90. The minimum absolute atomic E-state index is 0.0470. The maximum atomic E-state index is 12.5. The summed E-state index contributed by atoms with van der Waals surface area (Å²) >= 11 is 0. The molecule has 1 amide bonds. The summed E-state index contributed by atoms with van der Waals surface area (Å²) in [5.41, 5.74) is 1.44. The summed E-state index contributed by atoms with van der Waals surface area (Å²) < 4.78 is 0. The fraction of sp³-hybridized carbons (Fsp3) is 0.500. The fourth-order valence-corrected chi connectivity index (χ4v) is 3.91. The SMILES string of the molecule is O=C1C[C@H](c2cc(=O)[nH]c(N3CCCCCC3)n2)CN1Cc1ccccn1. The van der Waals surface area contributed by atoms with Crippen LogP contribution < -0.4 is 10.5 Å². The van der Waals surface area contributed by atoms with Gasteiger partial charge in [0.15, 0.2) is 0 Å². The monoisotopic (exact) mass is 367 g/mol. The topological polar surface area (TPSA) is 82.2 Å². The van der Waals surface area contributed by atoms with Crippen LogP contribution in [0.15, 0.2) is 35.3 Å². The zero-order valence-corrected chi connectivity index (χ0v) is 15.4. The van der Waals surface area contributed by atoms with Crippen LogP contribution in [0, 0.1) is 0 Å². The minimum Gasteiger partial charge on any atom is -0.342 e. The number of carbonyl (C=O) groups excluding carboxylic acids is 1. The lowest BCUT2D eigenvalue weighted by Crippen LogP contribution is -2.29. The molecule has 0 aliphatic carbocycles. The van der Waals surface area contributed by atoms with Gasteiger partial charge in [-0.1, -0.05) is 18.9 Å². The second-order valence-electron chi connectivity index (χ2n) is 7.39. The largest absolute Gasteiger partial charge is 0.342 e. The van der Waals surface area contributed by atoms with E-state index in [0.29, 0.717) is 25.5 Å². The Morgan fingerprint density at radius 3 is 2.67 bits per heavy atom. The van der Waals surface area contributed by atoms with E-state index in [-0.39, 0.29) is 17.4 Å². The molecule has 0 bridgehead atoms. The highest BCUT2D eigenvalue weighted by molar-refractivity contribution is 5.79. The molecule has 2 aromatic rings. The van der Waals surface area contributed by atoms with Gasteiger partial charge < -0.3 is 9.80 Å². The van der Waals surface area contributed by atoms with Crippen LogP contribution in [0.3, 0.4) is 0 Å². The molecule has 2 aliphatic rings. The summed E-state index contributed by atoms with van der Waals surface area (Å²) in [6, 6.07) is 7.25. The first-order valence-corrected chi connectivity index (χ1v) is 9.73. The number of carbonyl (C=O) groups is 1. The smallest absolute Gasteiger partial charge is 0.252 e. The summed E-state index contributed by atoms with van der Waals surface area (Å²) in [5, 5.41) is 0. The molecule has 2 aliphatic heterocycles. The third-order valence-corrected chi connectivity index (χ3v) is 5.37. The molecule has 2 fully saturated rings. The number of hydrogen-bond donors (Lipinski definition) is 1. The Labute approximate surface area is 158 Å². The van der Waals surface area contributed by atoms with Crippen molar-refractivity contribution in [3.05, 3.63) is 52.2 Å². The quantitative estimate of drug-likeness (QED) is 0.894. The minimum atomic E-state index is -0.144. The van der Waals surface area contributed by atoms with E-state index >= 15 is 0 Å². The van der Waals surface area contributed by atoms with Gasteiger partial charge in [-0.25, -0.2) is 4.98 Å². The molecule has 1 atom stereocenters. The molecule has 7 nitrogen and oxygen atoms in total. The number of nitrogens with one attached hydrogen (secondary N) is 1. The van der Waals surface area contributed by atoms with Gasteiger partial charge in [-0.3, -0.25) is 19.6 Å². The van der Waals surface area contributed by atoms with Crippen molar-refractivity contribution in [2.24, 2.45) is 0 Å². The van der Waals surface area contributed by atoms with Crippen LogP contribution in [-0.2, 0) is 11.3 Å². The van der Waals surface area contributed by atoms with Crippen LogP contribution in [0.4, 0.5) is 5.95 Å². The first-order valence-electron chi connectivity index (χ1n) is 9.73. The van der Waals surface area contributed by atoms with E-state index in [1.54, 1.807) is 12.3 Å². The fourth-order valence-electron chi connectivity index (χ4n) is 3.91. The van der Waals surface area contributed by atoms with E-state index in [1.807, 2.05) is 23.1 Å². The van der Waals surface area contributed by atoms with Crippen LogP contribution in [0.2, 0.25) is 0 Å². The Morgan fingerprint density at radius 2 is 1.93 bits per heavy atom. The summed E-state index contributed by atoms with van der Waals surface area (Å²) in [5.74, 6) is 0.688. The molecule has 4 heterocycles. The van der Waals surface area contributed by atoms with Gasteiger partial charge in [0.2, 0.25) is 11.9 Å². The van der Waals surface area contributed by atoms with Gasteiger partial charge in [0, 0.05) is 44.2 Å². The molecule has 0 radical (unpaired) electrons. The van der Waals surface area contributed by atoms with E-state index in [0.717, 1.165) is 37.3 Å². The summed E-state index contributed by atoms with van der Waals surface area (Å²) in [4.78, 5) is 40.6. The molecule has 0 unspecified atom stereocenters. The van der Waals surface area contributed by atoms with Crippen molar-refractivity contribution >= 4 is 11.9 Å². The molecule has 0 aromatic carbocycles. The zero-order valence-electron chi connectivity index (χ0n) is 15.4. The lowest BCUT2D eigenvalue weighted by molar-refractivity contribution is -0.128. The van der Waals surface area contributed by atoms with Crippen LogP contribution in [0.25, 0.3) is 0 Å². The van der Waals surface area contributed by atoms with Crippen LogP contribution in [-0.4, -0.2) is 45.4 Å². The average molecular weight is 367 g/mol. The number of amides is 1. The number of rotatable bonds is 4. The first-order chi connectivity index (χ1) is 13.2. The number of nitrogens with zero attached hydrogens (tertiary/aromatic N) is 4. The van der Waals surface area contributed by atoms with Crippen LogP contribution in [0.5, 0.6) is 0 Å². The lowest BCUT2D eigenvalue weighted by atomic mass is 10.0. The molecular formula is C20H25N5O2. The molecule has 0 saturated carbocycles. The zero-order chi connectivity index (χ0) is 18.6. The molecule has 1 N–H and O–H groups in total. The van der Waals surface area contributed by atoms with Crippen LogP contribution in [0.1, 0.15) is 49.4 Å². The molecule has 142 valence electrons. The van der Waals surface area contributed by atoms with Gasteiger partial charge in [0.1, 0.15) is 0 Å². The van der Waals surface area contributed by atoms with Gasteiger partial charge in [-0.2, -0.15) is 0 Å². The summed E-state index contributed by atoms with van der Waals surface area (Å²) in [6.45, 7) is 2.91. The third-order valence-electron chi connectivity index (χ3n) is 5.37. The molecule has 2 saturated heterocycles. The molecule has 0 spiro atoms. The number of aromatic amines is 1. The van der Waals surface area contributed by atoms with Gasteiger partial charge in [0.05, 0.1) is 17.9 Å². The van der Waals surface area contributed by atoms with Crippen molar-refractivity contribution in [3.8, 4) is 0 Å². The Kier molecular flexibility index (Phi) is 5.18. The highest BCUT2D eigenvalue weighted by atomic mass is 16.2. The first kappa shape index (κ1) is 17.7. The number of anilines is 1. The number of aromatic nitrogens is 3. The summed E-state index contributed by atoms with van der Waals surface area (Å²) in [7, 11) is 0. The molecule has 4 rings (SSSR count). The van der Waals surface area contributed by atoms with Crippen molar-refractivity contribution in [3.63, 3.8) is 0 Å². The average Bonchev–Trinajstić information content (AvgIpc) is 2.87. The van der Waals surface area contributed by atoms with Crippen LogP contribution >= 0.6 is 0 Å². The van der Waals surface area contributed by atoms with E-state index in [4.69, 9.17) is 4.98 Å². The number of likely N-dealkylation sites (tertiary alicyclic amines) is 1. The van der Waals surface area contributed by atoms with Gasteiger partial charge >= 0.3 is 0 Å². The van der Waals surface area contributed by atoms with Crippen molar-refractivity contribution < 1.29 is 4.79 Å². The van der Waals surface area contributed by atoms with Gasteiger partial charge in [-0.15, -0.1) is 0 Å². The summed E-state index contributed by atoms with van der Waals surface area (Å²) in [6.07, 6.45) is 6.81. The van der Waals surface area contributed by atoms with E-state index in [9.17, 15) is 9.59 Å². The highest BCUT2D eigenvalue weighted by Crippen LogP contribution is 2.28. The van der Waals surface area contributed by atoms with Gasteiger partial charge in [-0.05, 0) is 25.0 Å². The van der Waals surface area contributed by atoms with Gasteiger partial charge in [0.25, 0.3) is 5.56 Å². The maximum Gasteiger partial charge on any atom is 0.252 e. The Balaban J connectivity index is 1.51. The maximum absolute atomic E-state index is 12.5. The molecule has 7 heteroatoms. The Morgan fingerprint density at radius 1 is 1.11 bits per heavy atom. The Hall–Kier alpha value is -2.70. The standard InChI is InChI=1S/C20H25N5O2/c26-18-12-17(22-20(23-18)24-9-5-1-2-6-10-24)15-11-19(27)25(13-15)14-16-7-3-4-8-21-16/h3-4,7-8,12,15H,1-2,5-6,9-11,13-14H2,(H,22,23,26)/t15-/m0/s1. The van der Waals surface area contributed by atoms with E-state index < -0.39 is 0 Å². The number of pyridine rings is 1. The number of hydrogen-bond acceptors (Lipinski definition) is 5. The normalized spacial score (nSPS) is 20.7. The Bertz CT molecular complexity index is 843. The van der Waals surface area contributed by atoms with Crippen molar-refractivity contribution in [1.29, 1.82) is 0 Å². The van der Waals surface area contributed by atoms with E-state index in [1.165, 1.54) is 12.8 Å². The second-order valence-corrected chi connectivity index (χ2v) is 7.39.